The van der Waals surface area contributed by atoms with E-state index in [-0.39, 0.29) is 0 Å². The summed E-state index contributed by atoms with van der Waals surface area (Å²) in [6.45, 7) is 3.60. The summed E-state index contributed by atoms with van der Waals surface area (Å²) in [5.74, 6) is 1.66. The molecule has 0 saturated carbocycles. The van der Waals surface area contributed by atoms with Crippen molar-refractivity contribution in [2.75, 3.05) is 37.5 Å². The topological polar surface area (TPSA) is 63.3 Å². The Morgan fingerprint density at radius 3 is 2.92 bits per heavy atom. The Morgan fingerprint density at radius 2 is 2.08 bits per heavy atom. The summed E-state index contributed by atoms with van der Waals surface area (Å²) in [5.41, 5.74) is 3.00. The van der Waals surface area contributed by atoms with Gasteiger partial charge in [-0.15, -0.1) is 0 Å². The lowest BCUT2D eigenvalue weighted by Gasteiger charge is -2.28. The van der Waals surface area contributed by atoms with Gasteiger partial charge < -0.3 is 18.8 Å². The number of H-pyrrole nitrogens is 1. The summed E-state index contributed by atoms with van der Waals surface area (Å²) in [5, 5.41) is 1.15. The average Bonchev–Trinajstić information content (AvgIpc) is 3.14. The van der Waals surface area contributed by atoms with Gasteiger partial charge in [0.05, 0.1) is 18.9 Å². The van der Waals surface area contributed by atoms with E-state index in [2.05, 4.69) is 34.1 Å². The Balaban J connectivity index is 1.73. The van der Waals surface area contributed by atoms with Gasteiger partial charge in [0.25, 0.3) is 0 Å². The molecule has 3 heterocycles. The Hall–Kier alpha value is -2.09. The van der Waals surface area contributed by atoms with E-state index in [4.69, 9.17) is 18.9 Å². The third kappa shape index (κ3) is 3.63. The van der Waals surface area contributed by atoms with E-state index in [1.54, 1.807) is 0 Å². The van der Waals surface area contributed by atoms with Crippen molar-refractivity contribution in [1.29, 1.82) is 0 Å². The molecule has 1 N–H and O–H groups in total. The molecule has 2 aromatic heterocycles. The number of hydrogen-bond acceptors (Lipinski definition) is 6. The van der Waals surface area contributed by atoms with Crippen LogP contribution in [0.2, 0.25) is 0 Å². The molecule has 1 aliphatic heterocycles. The van der Waals surface area contributed by atoms with Crippen LogP contribution >= 0.6 is 12.0 Å². The highest BCUT2D eigenvalue weighted by atomic mass is 32.2. The standard InChI is InChI=1S/C18H20N4O2S/c1-25-24-12-15-11-17(22-6-8-23-9-7-22)21-18(20-15)14-2-3-16-13(10-14)4-5-19-16/h2-5,10-11,19H,6-9,12H2,1H3. The number of rotatable bonds is 5. The number of aromatic amines is 1. The Bertz CT molecular complexity index is 861. The van der Waals surface area contributed by atoms with Gasteiger partial charge >= 0.3 is 0 Å². The fourth-order valence-corrected chi connectivity index (χ4v) is 3.19. The van der Waals surface area contributed by atoms with E-state index in [0.717, 1.165) is 60.1 Å². The Kier molecular flexibility index (Phi) is 4.87. The number of benzene rings is 1. The van der Waals surface area contributed by atoms with Crippen LogP contribution in [-0.4, -0.2) is 47.5 Å². The molecule has 130 valence electrons. The zero-order chi connectivity index (χ0) is 17.1. The lowest BCUT2D eigenvalue weighted by atomic mass is 10.1. The van der Waals surface area contributed by atoms with Gasteiger partial charge in [0.1, 0.15) is 12.4 Å². The molecule has 0 aliphatic carbocycles. The molecule has 0 radical (unpaired) electrons. The number of nitrogens with zero attached hydrogens (tertiary/aromatic N) is 3. The van der Waals surface area contributed by atoms with E-state index < -0.39 is 0 Å². The summed E-state index contributed by atoms with van der Waals surface area (Å²) >= 11 is 1.34. The molecule has 0 spiro atoms. The smallest absolute Gasteiger partial charge is 0.161 e. The summed E-state index contributed by atoms with van der Waals surface area (Å²) in [4.78, 5) is 15.0. The average molecular weight is 356 g/mol. The molecule has 1 aliphatic rings. The van der Waals surface area contributed by atoms with E-state index in [9.17, 15) is 0 Å². The lowest BCUT2D eigenvalue weighted by molar-refractivity contribution is 0.122. The van der Waals surface area contributed by atoms with Crippen molar-refractivity contribution in [3.8, 4) is 11.4 Å². The highest BCUT2D eigenvalue weighted by molar-refractivity contribution is 7.93. The Morgan fingerprint density at radius 1 is 1.20 bits per heavy atom. The number of aromatic nitrogens is 3. The van der Waals surface area contributed by atoms with Crippen molar-refractivity contribution in [1.82, 2.24) is 15.0 Å². The second-order valence-corrected chi connectivity index (χ2v) is 6.42. The van der Waals surface area contributed by atoms with E-state index in [1.165, 1.54) is 12.0 Å². The molecular weight excluding hydrogens is 336 g/mol. The predicted molar refractivity (Wildman–Crippen MR) is 101 cm³/mol. The molecule has 0 amide bonds. The number of ether oxygens (including phenoxy) is 1. The van der Waals surface area contributed by atoms with Crippen LogP contribution in [0.5, 0.6) is 0 Å². The highest BCUT2D eigenvalue weighted by Crippen LogP contribution is 2.25. The first-order chi connectivity index (χ1) is 12.3. The second-order valence-electron chi connectivity index (χ2n) is 5.85. The van der Waals surface area contributed by atoms with Gasteiger partial charge in [-0.2, -0.15) is 0 Å². The highest BCUT2D eigenvalue weighted by Gasteiger charge is 2.16. The number of anilines is 1. The normalized spacial score (nSPS) is 15.0. The van der Waals surface area contributed by atoms with Gasteiger partial charge in [-0.3, -0.25) is 0 Å². The van der Waals surface area contributed by atoms with Crippen molar-refractivity contribution in [3.05, 3.63) is 42.2 Å². The molecule has 1 fully saturated rings. The SMILES string of the molecule is CSOCc1cc(N2CCOCC2)nc(-c2ccc3[nH]ccc3c2)n1. The largest absolute Gasteiger partial charge is 0.378 e. The minimum absolute atomic E-state index is 0.459. The number of morpholine rings is 1. The van der Waals surface area contributed by atoms with Gasteiger partial charge in [-0.25, -0.2) is 9.97 Å². The molecule has 25 heavy (non-hydrogen) atoms. The third-order valence-electron chi connectivity index (χ3n) is 4.24. The molecule has 0 unspecified atom stereocenters. The summed E-state index contributed by atoms with van der Waals surface area (Å²) in [6, 6.07) is 10.3. The van der Waals surface area contributed by atoms with Crippen LogP contribution < -0.4 is 4.90 Å². The summed E-state index contributed by atoms with van der Waals surface area (Å²) < 4.78 is 10.9. The fourth-order valence-electron chi connectivity index (χ4n) is 2.95. The molecule has 1 aromatic carbocycles. The quantitative estimate of drug-likeness (QED) is 0.708. The van der Waals surface area contributed by atoms with Crippen molar-refractivity contribution >= 4 is 28.8 Å². The van der Waals surface area contributed by atoms with Crippen LogP contribution in [0.3, 0.4) is 0 Å². The number of hydrogen-bond donors (Lipinski definition) is 1. The maximum atomic E-state index is 5.49. The van der Waals surface area contributed by atoms with E-state index >= 15 is 0 Å². The number of fused-ring (bicyclic) bond motifs is 1. The fraction of sp³-hybridized carbons (Fsp3) is 0.333. The first-order valence-electron chi connectivity index (χ1n) is 8.27. The Labute approximate surface area is 150 Å². The van der Waals surface area contributed by atoms with Crippen LogP contribution in [0, 0.1) is 0 Å². The summed E-state index contributed by atoms with van der Waals surface area (Å²) in [7, 11) is 0. The lowest BCUT2D eigenvalue weighted by Crippen LogP contribution is -2.37. The van der Waals surface area contributed by atoms with Gasteiger partial charge in [-0.1, -0.05) is 0 Å². The molecule has 6 nitrogen and oxygen atoms in total. The molecular formula is C18H20N4O2S. The van der Waals surface area contributed by atoms with Crippen LogP contribution in [0.15, 0.2) is 36.5 Å². The van der Waals surface area contributed by atoms with Gasteiger partial charge in [0.15, 0.2) is 5.82 Å². The third-order valence-corrected chi connectivity index (χ3v) is 4.59. The van der Waals surface area contributed by atoms with E-state index in [1.807, 2.05) is 18.5 Å². The van der Waals surface area contributed by atoms with Crippen LogP contribution in [0.25, 0.3) is 22.3 Å². The summed E-state index contributed by atoms with van der Waals surface area (Å²) in [6.07, 6.45) is 3.85. The van der Waals surface area contributed by atoms with Gasteiger partial charge in [-0.05, 0) is 36.3 Å². The van der Waals surface area contributed by atoms with Gasteiger partial charge in [0.2, 0.25) is 0 Å². The maximum Gasteiger partial charge on any atom is 0.161 e. The molecule has 4 rings (SSSR count). The zero-order valence-electron chi connectivity index (χ0n) is 14.1. The predicted octanol–water partition coefficient (Wildman–Crippen LogP) is 3.26. The van der Waals surface area contributed by atoms with Crippen molar-refractivity contribution in [2.24, 2.45) is 0 Å². The molecule has 0 atom stereocenters. The minimum atomic E-state index is 0.459. The van der Waals surface area contributed by atoms with E-state index in [0.29, 0.717) is 6.61 Å². The van der Waals surface area contributed by atoms with Crippen LogP contribution in [-0.2, 0) is 15.5 Å². The first-order valence-corrected chi connectivity index (χ1v) is 9.42. The monoisotopic (exact) mass is 356 g/mol. The molecule has 0 bridgehead atoms. The van der Waals surface area contributed by atoms with Crippen LogP contribution in [0.4, 0.5) is 5.82 Å². The van der Waals surface area contributed by atoms with Crippen molar-refractivity contribution in [2.45, 2.75) is 6.61 Å². The van der Waals surface area contributed by atoms with Crippen molar-refractivity contribution < 1.29 is 8.92 Å². The van der Waals surface area contributed by atoms with Gasteiger partial charge in [0, 0.05) is 48.1 Å². The molecule has 3 aromatic rings. The van der Waals surface area contributed by atoms with Crippen molar-refractivity contribution in [3.63, 3.8) is 0 Å². The van der Waals surface area contributed by atoms with Crippen LogP contribution in [0.1, 0.15) is 5.69 Å². The number of nitrogens with one attached hydrogen (secondary N) is 1. The molecule has 7 heteroatoms. The molecule has 1 saturated heterocycles. The first kappa shape index (κ1) is 16.4. The second kappa shape index (κ2) is 7.43. The maximum absolute atomic E-state index is 5.49. The minimum Gasteiger partial charge on any atom is -0.378 e. The zero-order valence-corrected chi connectivity index (χ0v) is 14.9.